The molecule has 0 radical (unpaired) electrons. The summed E-state index contributed by atoms with van der Waals surface area (Å²) >= 11 is 0. The number of rotatable bonds is 4. The zero-order chi connectivity index (χ0) is 8.81. The number of unbranched alkanes of at least 4 members (excludes halogenated alkanes) is 2. The maximum absolute atomic E-state index is 12.6. The molecule has 1 aliphatic carbocycles. The van der Waals surface area contributed by atoms with E-state index in [2.05, 4.69) is 6.92 Å². The minimum Gasteiger partial charge on any atom is -0.212 e. The Labute approximate surface area is 74.2 Å². The molecule has 12 heavy (non-hydrogen) atoms. The molecule has 1 rings (SSSR count). The average molecular weight is 168 g/mol. The summed E-state index contributed by atoms with van der Waals surface area (Å²) in [7, 11) is 0. The quantitative estimate of drug-likeness (QED) is 0.553. The first-order valence-electron chi connectivity index (χ1n) is 4.87. The van der Waals surface area contributed by atoms with Crippen molar-refractivity contribution in [1.29, 1.82) is 0 Å². The van der Waals surface area contributed by atoms with Crippen LogP contribution in [-0.2, 0) is 0 Å². The summed E-state index contributed by atoms with van der Waals surface area (Å²) in [5, 5.41) is 0. The minimum absolute atomic E-state index is 0.0363. The van der Waals surface area contributed by atoms with E-state index in [0.29, 0.717) is 6.42 Å². The van der Waals surface area contributed by atoms with Gasteiger partial charge in [0.05, 0.1) is 0 Å². The fraction of sp³-hybridized carbons (Fsp3) is 0.636. The van der Waals surface area contributed by atoms with Crippen LogP contribution in [0.1, 0.15) is 45.4 Å². The Morgan fingerprint density at radius 1 is 1.25 bits per heavy atom. The second kappa shape index (κ2) is 5.13. The average Bonchev–Trinajstić information content (AvgIpc) is 2.09. The summed E-state index contributed by atoms with van der Waals surface area (Å²) in [6, 6.07) is 0. The predicted molar refractivity (Wildman–Crippen MR) is 50.7 cm³/mol. The second-order valence-corrected chi connectivity index (χ2v) is 3.40. The maximum atomic E-state index is 12.6. The first-order valence-corrected chi connectivity index (χ1v) is 4.87. The van der Waals surface area contributed by atoms with E-state index in [1.807, 2.05) is 6.08 Å². The second-order valence-electron chi connectivity index (χ2n) is 3.40. The van der Waals surface area contributed by atoms with Gasteiger partial charge in [-0.25, -0.2) is 4.39 Å². The fourth-order valence-corrected chi connectivity index (χ4v) is 1.47. The van der Waals surface area contributed by atoms with E-state index in [-0.39, 0.29) is 5.83 Å². The SMILES string of the molecule is CCCCCC1=CC=C(F)CC1. The van der Waals surface area contributed by atoms with E-state index < -0.39 is 0 Å². The van der Waals surface area contributed by atoms with Gasteiger partial charge in [-0.1, -0.05) is 31.4 Å². The molecule has 0 unspecified atom stereocenters. The molecule has 0 N–H and O–H groups in total. The van der Waals surface area contributed by atoms with Crippen LogP contribution in [0.25, 0.3) is 0 Å². The summed E-state index contributed by atoms with van der Waals surface area (Å²) < 4.78 is 12.6. The highest BCUT2D eigenvalue weighted by molar-refractivity contribution is 5.20. The van der Waals surface area contributed by atoms with Crippen LogP contribution in [0, 0.1) is 0 Å². The standard InChI is InChI=1S/C11H17F/c1-2-3-4-5-10-6-8-11(12)9-7-10/h6,8H,2-5,7,9H2,1H3. The molecule has 0 spiro atoms. The summed E-state index contributed by atoms with van der Waals surface area (Å²) in [4.78, 5) is 0. The van der Waals surface area contributed by atoms with E-state index in [1.165, 1.54) is 24.8 Å². The Morgan fingerprint density at radius 2 is 2.08 bits per heavy atom. The maximum Gasteiger partial charge on any atom is 0.100 e. The van der Waals surface area contributed by atoms with Gasteiger partial charge in [0.2, 0.25) is 0 Å². The molecule has 0 fully saturated rings. The topological polar surface area (TPSA) is 0 Å². The number of hydrogen-bond donors (Lipinski definition) is 0. The first kappa shape index (κ1) is 9.50. The van der Waals surface area contributed by atoms with Crippen molar-refractivity contribution in [2.75, 3.05) is 0 Å². The predicted octanol–water partition coefficient (Wildman–Crippen LogP) is 4.14. The molecular formula is C11H17F. The van der Waals surface area contributed by atoms with E-state index in [0.717, 1.165) is 12.8 Å². The molecule has 68 valence electrons. The zero-order valence-corrected chi connectivity index (χ0v) is 7.78. The van der Waals surface area contributed by atoms with E-state index >= 15 is 0 Å². The number of hydrogen-bond acceptors (Lipinski definition) is 0. The highest BCUT2D eigenvalue weighted by atomic mass is 19.1. The van der Waals surface area contributed by atoms with E-state index in [9.17, 15) is 4.39 Å². The van der Waals surface area contributed by atoms with E-state index in [1.54, 1.807) is 6.08 Å². The molecule has 0 atom stereocenters. The molecule has 0 saturated heterocycles. The summed E-state index contributed by atoms with van der Waals surface area (Å²) in [6.45, 7) is 2.20. The van der Waals surface area contributed by atoms with Crippen molar-refractivity contribution in [1.82, 2.24) is 0 Å². The Kier molecular flexibility index (Phi) is 4.06. The lowest BCUT2D eigenvalue weighted by atomic mass is 9.99. The Bertz CT molecular complexity index is 189. The van der Waals surface area contributed by atoms with Crippen LogP contribution in [0.4, 0.5) is 4.39 Å². The normalized spacial score (nSPS) is 17.2. The molecule has 0 aromatic carbocycles. The molecule has 0 bridgehead atoms. The van der Waals surface area contributed by atoms with Crippen LogP contribution < -0.4 is 0 Å². The molecule has 0 aromatic rings. The van der Waals surface area contributed by atoms with Gasteiger partial charge in [0.25, 0.3) is 0 Å². The van der Waals surface area contributed by atoms with Gasteiger partial charge in [-0.15, -0.1) is 0 Å². The third-order valence-corrected chi connectivity index (χ3v) is 2.29. The Morgan fingerprint density at radius 3 is 2.67 bits per heavy atom. The van der Waals surface area contributed by atoms with Crippen LogP contribution in [0.3, 0.4) is 0 Å². The number of halogens is 1. The van der Waals surface area contributed by atoms with Crippen LogP contribution >= 0.6 is 0 Å². The first-order chi connectivity index (χ1) is 5.83. The van der Waals surface area contributed by atoms with Crippen molar-refractivity contribution in [3.8, 4) is 0 Å². The highest BCUT2D eigenvalue weighted by Gasteiger charge is 2.04. The molecule has 0 heterocycles. The lowest BCUT2D eigenvalue weighted by molar-refractivity contribution is 0.573. The molecule has 1 aliphatic rings. The molecular weight excluding hydrogens is 151 g/mol. The van der Waals surface area contributed by atoms with Crippen molar-refractivity contribution in [3.05, 3.63) is 23.6 Å². The summed E-state index contributed by atoms with van der Waals surface area (Å²) in [5.41, 5.74) is 1.42. The van der Waals surface area contributed by atoms with Crippen molar-refractivity contribution >= 4 is 0 Å². The molecule has 0 aliphatic heterocycles. The van der Waals surface area contributed by atoms with Crippen LogP contribution in [0.15, 0.2) is 23.6 Å². The van der Waals surface area contributed by atoms with Crippen molar-refractivity contribution < 1.29 is 4.39 Å². The molecule has 0 nitrogen and oxygen atoms in total. The third kappa shape index (κ3) is 3.21. The molecule has 0 aromatic heterocycles. The summed E-state index contributed by atoms with van der Waals surface area (Å²) in [6.07, 6.45) is 10.1. The van der Waals surface area contributed by atoms with Crippen LogP contribution in [0.2, 0.25) is 0 Å². The fourth-order valence-electron chi connectivity index (χ4n) is 1.47. The lowest BCUT2D eigenvalue weighted by Crippen LogP contribution is -1.90. The zero-order valence-electron chi connectivity index (χ0n) is 7.78. The smallest absolute Gasteiger partial charge is 0.100 e. The van der Waals surface area contributed by atoms with Gasteiger partial charge >= 0.3 is 0 Å². The van der Waals surface area contributed by atoms with Gasteiger partial charge in [0.1, 0.15) is 5.83 Å². The molecule has 0 saturated carbocycles. The number of allylic oxidation sites excluding steroid dienone is 4. The van der Waals surface area contributed by atoms with Gasteiger partial charge < -0.3 is 0 Å². The van der Waals surface area contributed by atoms with Crippen molar-refractivity contribution in [2.45, 2.75) is 45.4 Å². The van der Waals surface area contributed by atoms with Crippen molar-refractivity contribution in [2.24, 2.45) is 0 Å². The van der Waals surface area contributed by atoms with Gasteiger partial charge in [0.15, 0.2) is 0 Å². The van der Waals surface area contributed by atoms with Gasteiger partial charge in [-0.3, -0.25) is 0 Å². The third-order valence-electron chi connectivity index (χ3n) is 2.29. The molecule has 1 heteroatoms. The molecule has 0 amide bonds. The lowest BCUT2D eigenvalue weighted by Gasteiger charge is -2.09. The summed E-state index contributed by atoms with van der Waals surface area (Å²) in [5.74, 6) is 0.0363. The van der Waals surface area contributed by atoms with Crippen LogP contribution in [0.5, 0.6) is 0 Å². The van der Waals surface area contributed by atoms with Gasteiger partial charge in [-0.05, 0) is 25.3 Å². The minimum atomic E-state index is 0.0363. The Hall–Kier alpha value is -0.590. The van der Waals surface area contributed by atoms with Crippen molar-refractivity contribution in [3.63, 3.8) is 0 Å². The van der Waals surface area contributed by atoms with Gasteiger partial charge in [0, 0.05) is 6.42 Å². The Balaban J connectivity index is 2.24. The highest BCUT2D eigenvalue weighted by Crippen LogP contribution is 2.22. The van der Waals surface area contributed by atoms with Crippen LogP contribution in [-0.4, -0.2) is 0 Å². The monoisotopic (exact) mass is 168 g/mol. The largest absolute Gasteiger partial charge is 0.212 e. The van der Waals surface area contributed by atoms with Gasteiger partial charge in [-0.2, -0.15) is 0 Å². The van der Waals surface area contributed by atoms with E-state index in [4.69, 9.17) is 0 Å².